The molecule has 1 unspecified atom stereocenters. The minimum absolute atomic E-state index is 0.270. The maximum Gasteiger partial charge on any atom is 0.223 e. The van der Waals surface area contributed by atoms with E-state index in [1.807, 2.05) is 18.2 Å². The molecule has 4 nitrogen and oxygen atoms in total. The Morgan fingerprint density at radius 2 is 2.40 bits per heavy atom. The van der Waals surface area contributed by atoms with Crippen molar-refractivity contribution in [1.29, 1.82) is 0 Å². The quantitative estimate of drug-likeness (QED) is 0.863. The number of rotatable bonds is 6. The Morgan fingerprint density at radius 1 is 1.50 bits per heavy atom. The molecule has 1 aromatic rings. The highest BCUT2D eigenvalue weighted by molar-refractivity contribution is 5.76. The van der Waals surface area contributed by atoms with Gasteiger partial charge in [-0.15, -0.1) is 0 Å². The van der Waals surface area contributed by atoms with Gasteiger partial charge in [0.1, 0.15) is 0 Å². The number of amides is 1. The van der Waals surface area contributed by atoms with Crippen LogP contribution in [0.3, 0.4) is 0 Å². The van der Waals surface area contributed by atoms with Gasteiger partial charge < -0.3 is 10.2 Å². The van der Waals surface area contributed by atoms with Crippen molar-refractivity contribution in [2.45, 2.75) is 45.1 Å². The molecule has 1 amide bonds. The average molecular weight is 275 g/mol. The summed E-state index contributed by atoms with van der Waals surface area (Å²) in [5, 5.41) is 3.40. The number of piperidine rings is 1. The summed E-state index contributed by atoms with van der Waals surface area (Å²) in [5.74, 6) is 0.270. The third kappa shape index (κ3) is 4.30. The molecule has 1 atom stereocenters. The monoisotopic (exact) mass is 275 g/mol. The van der Waals surface area contributed by atoms with Crippen LogP contribution in [-0.2, 0) is 11.2 Å². The summed E-state index contributed by atoms with van der Waals surface area (Å²) in [4.78, 5) is 18.8. The van der Waals surface area contributed by atoms with Crippen LogP contribution in [-0.4, -0.2) is 41.5 Å². The first-order chi connectivity index (χ1) is 9.81. The number of carbonyl (C=O) groups is 1. The lowest BCUT2D eigenvalue weighted by Gasteiger charge is -2.34. The van der Waals surface area contributed by atoms with Crippen molar-refractivity contribution >= 4 is 5.91 Å². The Hall–Kier alpha value is -1.42. The van der Waals surface area contributed by atoms with Gasteiger partial charge in [-0.25, -0.2) is 0 Å². The lowest BCUT2D eigenvalue weighted by molar-refractivity contribution is -0.133. The number of nitrogens with one attached hydrogen (secondary N) is 1. The van der Waals surface area contributed by atoms with Crippen molar-refractivity contribution < 1.29 is 4.79 Å². The van der Waals surface area contributed by atoms with Gasteiger partial charge in [-0.05, 0) is 44.4 Å². The third-order valence-electron chi connectivity index (χ3n) is 3.82. The van der Waals surface area contributed by atoms with Gasteiger partial charge in [0.05, 0.1) is 0 Å². The molecule has 1 aromatic heterocycles. The van der Waals surface area contributed by atoms with Crippen LogP contribution in [0.15, 0.2) is 24.4 Å². The molecule has 0 aromatic carbocycles. The molecule has 0 spiro atoms. The van der Waals surface area contributed by atoms with Gasteiger partial charge in [0.15, 0.2) is 0 Å². The zero-order valence-corrected chi connectivity index (χ0v) is 12.3. The second-order valence-corrected chi connectivity index (χ2v) is 5.41. The van der Waals surface area contributed by atoms with Crippen LogP contribution in [0, 0.1) is 0 Å². The van der Waals surface area contributed by atoms with Crippen LogP contribution in [0.2, 0.25) is 0 Å². The zero-order valence-electron chi connectivity index (χ0n) is 12.3. The number of hydrogen-bond donors (Lipinski definition) is 1. The van der Waals surface area contributed by atoms with Gasteiger partial charge in [0.25, 0.3) is 0 Å². The van der Waals surface area contributed by atoms with E-state index in [1.165, 1.54) is 6.42 Å². The van der Waals surface area contributed by atoms with E-state index in [2.05, 4.69) is 22.1 Å². The highest BCUT2D eigenvalue weighted by Crippen LogP contribution is 2.13. The van der Waals surface area contributed by atoms with Crippen LogP contribution >= 0.6 is 0 Å². The number of aryl methyl sites for hydroxylation is 1. The third-order valence-corrected chi connectivity index (χ3v) is 3.82. The van der Waals surface area contributed by atoms with E-state index >= 15 is 0 Å². The van der Waals surface area contributed by atoms with Crippen molar-refractivity contribution in [2.24, 2.45) is 0 Å². The molecule has 110 valence electrons. The molecule has 0 saturated carbocycles. The van der Waals surface area contributed by atoms with E-state index < -0.39 is 0 Å². The standard InChI is InChI=1S/C16H25N3O/c1-2-12-19(15-7-5-10-17-13-15)16(20)9-8-14-6-3-4-11-18-14/h3-4,6,11,15,17H,2,5,7-10,12-13H2,1H3. The zero-order chi connectivity index (χ0) is 14.2. The highest BCUT2D eigenvalue weighted by Gasteiger charge is 2.24. The van der Waals surface area contributed by atoms with E-state index in [9.17, 15) is 4.79 Å². The van der Waals surface area contributed by atoms with E-state index in [1.54, 1.807) is 6.20 Å². The van der Waals surface area contributed by atoms with Crippen molar-refractivity contribution in [3.8, 4) is 0 Å². The molecular formula is C16H25N3O. The van der Waals surface area contributed by atoms with Crippen LogP contribution in [0.1, 0.15) is 38.3 Å². The number of pyridine rings is 1. The average Bonchev–Trinajstić information content (AvgIpc) is 2.52. The number of hydrogen-bond acceptors (Lipinski definition) is 3. The van der Waals surface area contributed by atoms with E-state index in [0.29, 0.717) is 12.5 Å². The fourth-order valence-electron chi connectivity index (χ4n) is 2.78. The first-order valence-electron chi connectivity index (χ1n) is 7.71. The summed E-state index contributed by atoms with van der Waals surface area (Å²) in [6, 6.07) is 6.24. The minimum Gasteiger partial charge on any atom is -0.338 e. The van der Waals surface area contributed by atoms with Crippen LogP contribution in [0.4, 0.5) is 0 Å². The van der Waals surface area contributed by atoms with Gasteiger partial charge in [0, 0.05) is 37.4 Å². The molecular weight excluding hydrogens is 250 g/mol. The van der Waals surface area contributed by atoms with Crippen molar-refractivity contribution in [3.63, 3.8) is 0 Å². The van der Waals surface area contributed by atoms with Crippen molar-refractivity contribution in [1.82, 2.24) is 15.2 Å². The van der Waals surface area contributed by atoms with Crippen LogP contribution < -0.4 is 5.32 Å². The first kappa shape index (κ1) is 15.0. The molecule has 0 bridgehead atoms. The summed E-state index contributed by atoms with van der Waals surface area (Å²) in [6.45, 7) is 5.02. The van der Waals surface area contributed by atoms with E-state index in [-0.39, 0.29) is 5.91 Å². The minimum atomic E-state index is 0.270. The summed E-state index contributed by atoms with van der Waals surface area (Å²) in [5.41, 5.74) is 0.999. The Kier molecular flexibility index (Phi) is 5.99. The fraction of sp³-hybridized carbons (Fsp3) is 0.625. The Bertz CT molecular complexity index is 401. The number of aromatic nitrogens is 1. The Labute approximate surface area is 121 Å². The molecule has 0 aliphatic carbocycles. The summed E-state index contributed by atoms with van der Waals surface area (Å²) >= 11 is 0. The SMILES string of the molecule is CCCN(C(=O)CCc1ccccn1)C1CCCNC1. The molecule has 1 saturated heterocycles. The Balaban J connectivity index is 1.89. The lowest BCUT2D eigenvalue weighted by Crippen LogP contribution is -2.49. The number of carbonyl (C=O) groups excluding carboxylic acids is 1. The summed E-state index contributed by atoms with van der Waals surface area (Å²) < 4.78 is 0. The van der Waals surface area contributed by atoms with Gasteiger partial charge in [-0.2, -0.15) is 0 Å². The molecule has 0 radical (unpaired) electrons. The Morgan fingerprint density at radius 3 is 3.05 bits per heavy atom. The molecule has 1 N–H and O–H groups in total. The molecule has 1 aliphatic heterocycles. The van der Waals surface area contributed by atoms with E-state index in [0.717, 1.165) is 44.6 Å². The van der Waals surface area contributed by atoms with Gasteiger partial charge >= 0.3 is 0 Å². The molecule has 2 rings (SSSR count). The van der Waals surface area contributed by atoms with Crippen molar-refractivity contribution in [2.75, 3.05) is 19.6 Å². The maximum absolute atomic E-state index is 12.5. The highest BCUT2D eigenvalue weighted by atomic mass is 16.2. The molecule has 2 heterocycles. The number of nitrogens with zero attached hydrogens (tertiary/aromatic N) is 2. The second kappa shape index (κ2) is 8.00. The molecule has 4 heteroatoms. The predicted octanol–water partition coefficient (Wildman–Crippen LogP) is 2.00. The topological polar surface area (TPSA) is 45.2 Å². The van der Waals surface area contributed by atoms with Gasteiger partial charge in [-0.1, -0.05) is 13.0 Å². The summed E-state index contributed by atoms with van der Waals surface area (Å²) in [6.07, 6.45) is 6.40. The normalized spacial score (nSPS) is 18.8. The van der Waals surface area contributed by atoms with Crippen LogP contribution in [0.25, 0.3) is 0 Å². The second-order valence-electron chi connectivity index (χ2n) is 5.41. The molecule has 20 heavy (non-hydrogen) atoms. The van der Waals surface area contributed by atoms with E-state index in [4.69, 9.17) is 0 Å². The largest absolute Gasteiger partial charge is 0.338 e. The van der Waals surface area contributed by atoms with Gasteiger partial charge in [0.2, 0.25) is 5.91 Å². The lowest BCUT2D eigenvalue weighted by atomic mass is 10.0. The van der Waals surface area contributed by atoms with Crippen LogP contribution in [0.5, 0.6) is 0 Å². The maximum atomic E-state index is 12.5. The van der Waals surface area contributed by atoms with Gasteiger partial charge in [-0.3, -0.25) is 9.78 Å². The fourth-order valence-corrected chi connectivity index (χ4v) is 2.78. The first-order valence-corrected chi connectivity index (χ1v) is 7.71. The predicted molar refractivity (Wildman–Crippen MR) is 80.5 cm³/mol. The molecule has 1 aliphatic rings. The summed E-state index contributed by atoms with van der Waals surface area (Å²) in [7, 11) is 0. The molecule has 1 fully saturated rings. The van der Waals surface area contributed by atoms with Crippen molar-refractivity contribution in [3.05, 3.63) is 30.1 Å². The smallest absolute Gasteiger partial charge is 0.223 e.